The van der Waals surface area contributed by atoms with E-state index in [4.69, 9.17) is 0 Å². The van der Waals surface area contributed by atoms with Crippen LogP contribution in [-0.4, -0.2) is 13.4 Å². The summed E-state index contributed by atoms with van der Waals surface area (Å²) in [6, 6.07) is 0. The van der Waals surface area contributed by atoms with Crippen LogP contribution in [0, 0.1) is 0 Å². The summed E-state index contributed by atoms with van der Waals surface area (Å²) in [6.07, 6.45) is 1.54. The molecule has 0 aromatic rings. The summed E-state index contributed by atoms with van der Waals surface area (Å²) in [5.74, 6) is 0. The molecule has 35 valence electrons. The van der Waals surface area contributed by atoms with Gasteiger partial charge in [-0.15, -0.1) is 6.58 Å². The fourth-order valence-electron chi connectivity index (χ4n) is 0.131. The Bertz CT molecular complexity index is 34.5. The van der Waals surface area contributed by atoms with E-state index in [0.29, 0.717) is 6.61 Å². The molecular formula is C4H7O2. The molecule has 0 bridgehead atoms. The van der Waals surface area contributed by atoms with Gasteiger partial charge < -0.3 is 4.74 Å². The first-order valence-electron chi connectivity index (χ1n) is 1.68. The molecule has 0 aromatic heterocycles. The fourth-order valence-corrected chi connectivity index (χ4v) is 0.131. The predicted molar refractivity (Wildman–Crippen MR) is 21.7 cm³/mol. The minimum absolute atomic E-state index is 0.365. The lowest BCUT2D eigenvalue weighted by Crippen LogP contribution is -1.87. The Morgan fingerprint density at radius 2 is 2.50 bits per heavy atom. The van der Waals surface area contributed by atoms with Crippen LogP contribution in [0.25, 0.3) is 0 Å². The topological polar surface area (TPSA) is 29.1 Å². The molecule has 1 radical (unpaired) electrons. The first-order chi connectivity index (χ1) is 2.91. The van der Waals surface area contributed by atoms with Crippen LogP contribution < -0.4 is 0 Å². The molecule has 0 spiro atoms. The molecular weight excluding hydrogens is 80.0 g/mol. The van der Waals surface area contributed by atoms with Gasteiger partial charge in [-0.2, -0.15) is 0 Å². The number of ether oxygens (including phenoxy) is 1. The Morgan fingerprint density at radius 1 is 1.83 bits per heavy atom. The van der Waals surface area contributed by atoms with Crippen LogP contribution in [-0.2, 0) is 9.84 Å². The van der Waals surface area contributed by atoms with Crippen molar-refractivity contribution in [1.82, 2.24) is 0 Å². The predicted octanol–water partition coefficient (Wildman–Crippen LogP) is 0.577. The molecule has 2 nitrogen and oxygen atoms in total. The second kappa shape index (κ2) is 4.66. The first kappa shape index (κ1) is 5.66. The van der Waals surface area contributed by atoms with Gasteiger partial charge >= 0.3 is 0 Å². The fraction of sp³-hybridized carbons (Fsp3) is 0.500. The van der Waals surface area contributed by atoms with E-state index in [2.05, 4.69) is 11.3 Å². The third-order valence-corrected chi connectivity index (χ3v) is 0.319. The van der Waals surface area contributed by atoms with Gasteiger partial charge in [0.15, 0.2) is 6.79 Å². The van der Waals surface area contributed by atoms with E-state index in [1.165, 1.54) is 6.08 Å². The lowest BCUT2D eigenvalue weighted by atomic mass is 10.7. The summed E-state index contributed by atoms with van der Waals surface area (Å²) in [7, 11) is 0. The van der Waals surface area contributed by atoms with Crippen LogP contribution in [0.3, 0.4) is 0 Å². The largest absolute Gasteiger partial charge is 0.348 e. The summed E-state index contributed by atoms with van der Waals surface area (Å²) < 4.78 is 4.31. The van der Waals surface area contributed by atoms with E-state index in [9.17, 15) is 5.11 Å². The number of rotatable bonds is 3. The SMILES string of the molecule is C=CCOC[O]. The van der Waals surface area contributed by atoms with E-state index >= 15 is 0 Å². The summed E-state index contributed by atoms with van der Waals surface area (Å²) in [5, 5.41) is 9.42. The van der Waals surface area contributed by atoms with Gasteiger partial charge in [0.2, 0.25) is 0 Å². The van der Waals surface area contributed by atoms with Crippen LogP contribution in [0.1, 0.15) is 0 Å². The van der Waals surface area contributed by atoms with Gasteiger partial charge in [0, 0.05) is 0 Å². The Hall–Kier alpha value is -0.340. The zero-order valence-electron chi connectivity index (χ0n) is 3.52. The zero-order chi connectivity index (χ0) is 4.83. The highest BCUT2D eigenvalue weighted by atomic mass is 16.6. The smallest absolute Gasteiger partial charge is 0.181 e. The minimum atomic E-state index is -0.466. The highest BCUT2D eigenvalue weighted by molar-refractivity contribution is 4.62. The van der Waals surface area contributed by atoms with Crippen LogP contribution in [0.15, 0.2) is 12.7 Å². The molecule has 2 heteroatoms. The maximum atomic E-state index is 9.42. The Morgan fingerprint density at radius 3 is 2.67 bits per heavy atom. The second-order valence-corrected chi connectivity index (χ2v) is 0.777. The van der Waals surface area contributed by atoms with E-state index in [0.717, 1.165) is 0 Å². The van der Waals surface area contributed by atoms with Crippen molar-refractivity contribution < 1.29 is 9.84 Å². The number of hydrogen-bond donors (Lipinski definition) is 0. The zero-order valence-corrected chi connectivity index (χ0v) is 3.52. The van der Waals surface area contributed by atoms with Gasteiger partial charge in [-0.3, -0.25) is 0 Å². The van der Waals surface area contributed by atoms with Crippen molar-refractivity contribution in [2.75, 3.05) is 13.4 Å². The van der Waals surface area contributed by atoms with Crippen molar-refractivity contribution in [1.29, 1.82) is 0 Å². The molecule has 0 saturated heterocycles. The molecule has 0 aromatic carbocycles. The molecule has 0 fully saturated rings. The highest BCUT2D eigenvalue weighted by Gasteiger charge is 1.70. The van der Waals surface area contributed by atoms with Gasteiger partial charge in [0.05, 0.1) is 6.61 Å². The maximum absolute atomic E-state index is 9.42. The molecule has 0 rings (SSSR count). The Balaban J connectivity index is 2.49. The van der Waals surface area contributed by atoms with Crippen molar-refractivity contribution in [3.8, 4) is 0 Å². The van der Waals surface area contributed by atoms with E-state index in [1.807, 2.05) is 0 Å². The third kappa shape index (κ3) is 3.66. The average molecular weight is 87.1 g/mol. The van der Waals surface area contributed by atoms with E-state index < -0.39 is 6.79 Å². The van der Waals surface area contributed by atoms with Crippen LogP contribution in [0.2, 0.25) is 0 Å². The van der Waals surface area contributed by atoms with Gasteiger partial charge in [0.1, 0.15) is 0 Å². The normalized spacial score (nSPS) is 8.17. The Kier molecular flexibility index (Phi) is 4.40. The number of hydrogen-bond acceptors (Lipinski definition) is 1. The van der Waals surface area contributed by atoms with Crippen LogP contribution >= 0.6 is 0 Å². The molecule has 6 heavy (non-hydrogen) atoms. The molecule has 0 heterocycles. The molecule has 0 aliphatic carbocycles. The average Bonchev–Trinajstić information content (AvgIpc) is 1.61. The molecule has 0 amide bonds. The quantitative estimate of drug-likeness (QED) is 0.281. The standard InChI is InChI=1S/C4H7O2/c1-2-3-6-4-5/h2H,1,3-4H2. The van der Waals surface area contributed by atoms with Gasteiger partial charge in [-0.25, -0.2) is 5.11 Å². The van der Waals surface area contributed by atoms with Crippen molar-refractivity contribution in [3.05, 3.63) is 12.7 Å². The van der Waals surface area contributed by atoms with Crippen molar-refractivity contribution in [2.24, 2.45) is 0 Å². The summed E-state index contributed by atoms with van der Waals surface area (Å²) in [5.41, 5.74) is 0. The minimum Gasteiger partial charge on any atom is -0.348 e. The first-order valence-corrected chi connectivity index (χ1v) is 1.68. The molecule has 0 aliphatic rings. The summed E-state index contributed by atoms with van der Waals surface area (Å²) >= 11 is 0. The molecule has 0 saturated carbocycles. The van der Waals surface area contributed by atoms with Crippen molar-refractivity contribution in [2.45, 2.75) is 0 Å². The molecule has 0 N–H and O–H groups in total. The van der Waals surface area contributed by atoms with Crippen molar-refractivity contribution >= 4 is 0 Å². The van der Waals surface area contributed by atoms with Gasteiger partial charge in [-0.05, 0) is 0 Å². The maximum Gasteiger partial charge on any atom is 0.181 e. The van der Waals surface area contributed by atoms with Crippen molar-refractivity contribution in [3.63, 3.8) is 0 Å². The lowest BCUT2D eigenvalue weighted by Gasteiger charge is -1.85. The molecule has 0 aliphatic heterocycles. The highest BCUT2D eigenvalue weighted by Crippen LogP contribution is 1.67. The molecule has 0 unspecified atom stereocenters. The van der Waals surface area contributed by atoms with Gasteiger partial charge in [-0.1, -0.05) is 6.08 Å². The Labute approximate surface area is 37.1 Å². The third-order valence-electron chi connectivity index (χ3n) is 0.319. The van der Waals surface area contributed by atoms with Crippen LogP contribution in [0.4, 0.5) is 0 Å². The van der Waals surface area contributed by atoms with E-state index in [1.54, 1.807) is 0 Å². The second-order valence-electron chi connectivity index (χ2n) is 0.777. The summed E-state index contributed by atoms with van der Waals surface area (Å²) in [4.78, 5) is 0. The van der Waals surface area contributed by atoms with E-state index in [-0.39, 0.29) is 0 Å². The van der Waals surface area contributed by atoms with Gasteiger partial charge in [0.25, 0.3) is 0 Å². The van der Waals surface area contributed by atoms with Crippen LogP contribution in [0.5, 0.6) is 0 Å². The summed E-state index contributed by atoms with van der Waals surface area (Å²) in [6.45, 7) is 3.23. The lowest BCUT2D eigenvalue weighted by molar-refractivity contribution is -0.0321. The monoisotopic (exact) mass is 87.0 g/mol. The molecule has 0 atom stereocenters.